The van der Waals surface area contributed by atoms with Gasteiger partial charge in [-0.3, -0.25) is 18.7 Å². The Morgan fingerprint density at radius 2 is 0.758 bits per heavy atom. The van der Waals surface area contributed by atoms with Crippen LogP contribution in [0.5, 0.6) is 0 Å². The molecular formula is C58H76N6O2. The molecule has 350 valence electrons. The van der Waals surface area contributed by atoms with Crippen LogP contribution in [0.4, 0.5) is 0 Å². The van der Waals surface area contributed by atoms with E-state index in [0.29, 0.717) is 34.2 Å². The third kappa shape index (κ3) is 10.4. The molecule has 0 bridgehead atoms. The summed E-state index contributed by atoms with van der Waals surface area (Å²) in [6, 6.07) is 21.3. The van der Waals surface area contributed by atoms with Gasteiger partial charge in [0.1, 0.15) is 11.4 Å². The summed E-state index contributed by atoms with van der Waals surface area (Å²) >= 11 is 0. The highest BCUT2D eigenvalue weighted by Crippen LogP contribution is 2.38. The summed E-state index contributed by atoms with van der Waals surface area (Å²) in [4.78, 5) is 46.8. The van der Waals surface area contributed by atoms with Crippen molar-refractivity contribution in [2.24, 2.45) is 0 Å². The minimum Gasteiger partial charge on any atom is -0.354 e. The molecule has 0 aliphatic carbocycles. The number of aryl methyl sites for hydroxylation is 2. The molecule has 0 fully saturated rings. The summed E-state index contributed by atoms with van der Waals surface area (Å²) in [6.07, 6.45) is 14.6. The van der Waals surface area contributed by atoms with Crippen LogP contribution in [0.25, 0.3) is 56.7 Å². The van der Waals surface area contributed by atoms with Gasteiger partial charge in [-0.25, -0.2) is 9.97 Å². The van der Waals surface area contributed by atoms with E-state index >= 15 is 0 Å². The van der Waals surface area contributed by atoms with Crippen LogP contribution in [0.1, 0.15) is 182 Å². The van der Waals surface area contributed by atoms with Gasteiger partial charge in [0.05, 0.1) is 11.4 Å². The molecule has 0 saturated heterocycles. The van der Waals surface area contributed by atoms with Crippen LogP contribution in [0, 0.1) is 0 Å². The monoisotopic (exact) mass is 889 g/mol. The van der Waals surface area contributed by atoms with Crippen molar-refractivity contribution in [1.29, 1.82) is 0 Å². The van der Waals surface area contributed by atoms with Crippen molar-refractivity contribution in [3.05, 3.63) is 127 Å². The summed E-state index contributed by atoms with van der Waals surface area (Å²) in [5.41, 5.74) is 12.2. The van der Waals surface area contributed by atoms with Gasteiger partial charge in [0.2, 0.25) is 0 Å². The fourth-order valence-corrected chi connectivity index (χ4v) is 8.82. The van der Waals surface area contributed by atoms with Crippen LogP contribution < -0.4 is 11.1 Å². The molecule has 4 aliphatic heterocycles. The first-order valence-corrected chi connectivity index (χ1v) is 24.7. The Balaban J connectivity index is 1.35. The number of aromatic nitrogens is 6. The summed E-state index contributed by atoms with van der Waals surface area (Å²) in [5, 5.41) is 0. The van der Waals surface area contributed by atoms with E-state index in [2.05, 4.69) is 143 Å². The lowest BCUT2D eigenvalue weighted by atomic mass is 9.79. The normalized spacial score (nSPS) is 12.8. The van der Waals surface area contributed by atoms with E-state index in [-0.39, 0.29) is 32.8 Å². The van der Waals surface area contributed by atoms with E-state index in [1.54, 1.807) is 9.13 Å². The Hall–Kier alpha value is -5.50. The van der Waals surface area contributed by atoms with Gasteiger partial charge in [-0.2, -0.15) is 0 Å². The lowest BCUT2D eigenvalue weighted by molar-refractivity contribution is 0.568. The average Bonchev–Trinajstić information content (AvgIpc) is 3.77. The Morgan fingerprint density at radius 1 is 0.439 bits per heavy atom. The Bertz CT molecular complexity index is 2590. The van der Waals surface area contributed by atoms with Gasteiger partial charge >= 0.3 is 0 Å². The fraction of sp³-hybridized carbons (Fsp3) is 0.483. The highest BCUT2D eigenvalue weighted by Gasteiger charge is 2.28. The molecule has 8 nitrogen and oxygen atoms in total. The Labute approximate surface area is 394 Å². The van der Waals surface area contributed by atoms with Crippen LogP contribution in [0.3, 0.4) is 0 Å². The zero-order valence-corrected chi connectivity index (χ0v) is 42.6. The molecule has 0 aromatic heterocycles. The maximum atomic E-state index is 14.5. The number of fused-ring (bicyclic) bond motifs is 2. The molecule has 8 heteroatoms. The van der Waals surface area contributed by atoms with Gasteiger partial charge in [-0.1, -0.05) is 172 Å². The third-order valence-corrected chi connectivity index (χ3v) is 13.3. The number of nitrogens with one attached hydrogen (secondary N) is 2. The lowest BCUT2D eigenvalue weighted by Crippen LogP contribution is -2.18. The average molecular weight is 889 g/mol. The molecule has 4 aliphatic rings. The molecule has 3 aromatic rings. The van der Waals surface area contributed by atoms with E-state index < -0.39 is 0 Å². The van der Waals surface area contributed by atoms with Crippen molar-refractivity contribution in [1.82, 2.24) is 29.1 Å². The fourth-order valence-electron chi connectivity index (χ4n) is 8.82. The second-order valence-electron chi connectivity index (χ2n) is 23.0. The van der Waals surface area contributed by atoms with E-state index in [1.807, 2.05) is 36.7 Å². The Kier molecular flexibility index (Phi) is 13.7. The van der Waals surface area contributed by atoms with Gasteiger partial charge in [0.25, 0.3) is 11.1 Å². The number of imidazole rings is 2. The molecule has 0 atom stereocenters. The number of hydrogen-bond donors (Lipinski definition) is 2. The number of aromatic amines is 2. The van der Waals surface area contributed by atoms with Gasteiger partial charge in [0, 0.05) is 46.0 Å². The number of benzene rings is 3. The standard InChI is InChI=1S/C58H76N6O2/c1-15-17-19-21-23-45-35-63-51(47(59-45)39-29-41(55(3,4)5)33-42(30-39)56(6,7)8)61-49(53(63)65)37-25-27-38(28-26-37)50-54(66)64-36-46(24-22-20-18-16-2)60-48(52(64)62-50)40-31-43(57(9,10)11)34-44(32-40)58(12,13)14/h25-36,59-60H,15-24H2,1-14H3. The van der Waals surface area contributed by atoms with E-state index in [0.717, 1.165) is 85.3 Å². The predicted octanol–water partition coefficient (Wildman–Crippen LogP) is 14.4. The first kappa shape index (κ1) is 48.4. The van der Waals surface area contributed by atoms with Crippen LogP contribution in [-0.4, -0.2) is 29.1 Å². The third-order valence-electron chi connectivity index (χ3n) is 13.3. The molecule has 3 aromatic carbocycles. The zero-order valence-electron chi connectivity index (χ0n) is 42.6. The van der Waals surface area contributed by atoms with Crippen LogP contribution in [-0.2, 0) is 34.5 Å². The first-order valence-electron chi connectivity index (χ1n) is 24.7. The first-order chi connectivity index (χ1) is 31.0. The summed E-state index contributed by atoms with van der Waals surface area (Å²) in [7, 11) is 0. The number of nitrogens with zero attached hydrogens (tertiary/aromatic N) is 4. The van der Waals surface area contributed by atoms with Crippen molar-refractivity contribution in [3.8, 4) is 56.7 Å². The number of rotatable bonds is 14. The highest BCUT2D eigenvalue weighted by atomic mass is 16.1. The SMILES string of the molecule is CCCCCCc1cn2c(=O)c(-c3ccc(-c4nc5c(-c6cc(C(C)(C)C)cc(C(C)(C)C)c6)[nH]c(CCCCCC)cn-5c4=O)cc3)nc-2c(-c2cc(C(C)(C)C)cc(C(C)(C)C)c2)[nH]1. The quantitative estimate of drug-likeness (QED) is 0.106. The van der Waals surface area contributed by atoms with Gasteiger partial charge in [-0.15, -0.1) is 0 Å². The van der Waals surface area contributed by atoms with Crippen LogP contribution >= 0.6 is 0 Å². The molecule has 7 rings (SSSR count). The molecule has 0 amide bonds. The summed E-state index contributed by atoms with van der Waals surface area (Å²) in [6.45, 7) is 31.4. The number of H-pyrrole nitrogens is 2. The van der Waals surface area contributed by atoms with Gasteiger partial charge < -0.3 is 9.97 Å². The highest BCUT2D eigenvalue weighted by molar-refractivity contribution is 5.76. The van der Waals surface area contributed by atoms with Crippen LogP contribution in [0.2, 0.25) is 0 Å². The van der Waals surface area contributed by atoms with Gasteiger partial charge in [0.15, 0.2) is 11.6 Å². The molecule has 66 heavy (non-hydrogen) atoms. The number of unbranched alkanes of at least 4 members (excludes halogenated alkanes) is 6. The molecule has 0 spiro atoms. The summed E-state index contributed by atoms with van der Waals surface area (Å²) < 4.78 is 3.47. The smallest absolute Gasteiger partial charge is 0.282 e. The van der Waals surface area contributed by atoms with Crippen molar-refractivity contribution in [3.63, 3.8) is 0 Å². The van der Waals surface area contributed by atoms with Gasteiger partial charge in [-0.05, 0) is 93.9 Å². The molecule has 0 unspecified atom stereocenters. The van der Waals surface area contributed by atoms with E-state index in [1.165, 1.54) is 35.1 Å². The minimum atomic E-state index is -0.165. The minimum absolute atomic E-state index is 0.0789. The topological polar surface area (TPSA) is 101 Å². The Morgan fingerprint density at radius 3 is 1.05 bits per heavy atom. The maximum Gasteiger partial charge on any atom is 0.282 e. The van der Waals surface area contributed by atoms with E-state index in [9.17, 15) is 9.59 Å². The van der Waals surface area contributed by atoms with Crippen molar-refractivity contribution >= 4 is 0 Å². The van der Waals surface area contributed by atoms with Crippen molar-refractivity contribution in [2.45, 2.75) is 183 Å². The zero-order chi connectivity index (χ0) is 47.9. The molecule has 2 N–H and O–H groups in total. The van der Waals surface area contributed by atoms with Crippen molar-refractivity contribution in [2.75, 3.05) is 0 Å². The van der Waals surface area contributed by atoms with Crippen molar-refractivity contribution < 1.29 is 0 Å². The predicted molar refractivity (Wildman–Crippen MR) is 277 cm³/mol. The van der Waals surface area contributed by atoms with E-state index in [4.69, 9.17) is 9.97 Å². The molecule has 4 heterocycles. The molecule has 0 radical (unpaired) electrons. The second-order valence-corrected chi connectivity index (χ2v) is 23.0. The molecule has 0 saturated carbocycles. The maximum absolute atomic E-state index is 14.5. The van der Waals surface area contributed by atoms with Crippen LogP contribution in [0.15, 0.2) is 82.6 Å². The largest absolute Gasteiger partial charge is 0.354 e. The lowest BCUT2D eigenvalue weighted by Gasteiger charge is -2.26. The summed E-state index contributed by atoms with van der Waals surface area (Å²) in [5.74, 6) is 1.20. The molecular weight excluding hydrogens is 813 g/mol. The number of hydrogen-bond acceptors (Lipinski definition) is 4. The second kappa shape index (κ2) is 18.6.